The standard InChI is InChI=1S/C16H11IO/c17-14-6-9-15(10-7-14)18-16-8-5-12-3-1-2-4-13(12)11-16/h1-11H. The zero-order valence-corrected chi connectivity index (χ0v) is 11.8. The predicted molar refractivity (Wildman–Crippen MR) is 83.2 cm³/mol. The molecule has 0 fully saturated rings. The van der Waals surface area contributed by atoms with Crippen LogP contribution in [0.4, 0.5) is 0 Å². The SMILES string of the molecule is Ic1ccc(Oc2ccc3ccccc3c2)cc1. The molecule has 0 heterocycles. The van der Waals surface area contributed by atoms with Gasteiger partial charge in [0, 0.05) is 3.57 Å². The predicted octanol–water partition coefficient (Wildman–Crippen LogP) is 5.24. The van der Waals surface area contributed by atoms with E-state index < -0.39 is 0 Å². The smallest absolute Gasteiger partial charge is 0.128 e. The lowest BCUT2D eigenvalue weighted by Gasteiger charge is -2.06. The zero-order chi connectivity index (χ0) is 12.4. The molecule has 0 saturated heterocycles. The van der Waals surface area contributed by atoms with Crippen LogP contribution in [0.25, 0.3) is 10.8 Å². The van der Waals surface area contributed by atoms with Crippen LogP contribution in [0.15, 0.2) is 66.7 Å². The molecule has 0 aliphatic carbocycles. The molecule has 88 valence electrons. The van der Waals surface area contributed by atoms with Gasteiger partial charge in [-0.3, -0.25) is 0 Å². The third kappa shape index (κ3) is 2.48. The molecule has 0 aliphatic heterocycles. The molecule has 3 rings (SSSR count). The molecule has 0 radical (unpaired) electrons. The molecular formula is C16H11IO. The van der Waals surface area contributed by atoms with Crippen molar-refractivity contribution in [3.05, 3.63) is 70.3 Å². The van der Waals surface area contributed by atoms with Crippen LogP contribution in [0, 0.1) is 3.57 Å². The normalized spacial score (nSPS) is 10.5. The van der Waals surface area contributed by atoms with Crippen molar-refractivity contribution in [1.82, 2.24) is 0 Å². The van der Waals surface area contributed by atoms with Crippen molar-refractivity contribution >= 4 is 33.4 Å². The molecule has 18 heavy (non-hydrogen) atoms. The van der Waals surface area contributed by atoms with Crippen LogP contribution in [-0.4, -0.2) is 0 Å². The topological polar surface area (TPSA) is 9.23 Å². The molecule has 1 nitrogen and oxygen atoms in total. The molecule has 3 aromatic rings. The van der Waals surface area contributed by atoms with E-state index in [0.717, 1.165) is 11.5 Å². The van der Waals surface area contributed by atoms with Gasteiger partial charge in [0.25, 0.3) is 0 Å². The number of halogens is 1. The minimum absolute atomic E-state index is 0.866. The Morgan fingerprint density at radius 2 is 1.33 bits per heavy atom. The van der Waals surface area contributed by atoms with E-state index in [1.807, 2.05) is 42.5 Å². The minimum atomic E-state index is 0.866. The molecule has 0 atom stereocenters. The van der Waals surface area contributed by atoms with Gasteiger partial charge in [0.05, 0.1) is 0 Å². The molecule has 0 spiro atoms. The van der Waals surface area contributed by atoms with Crippen molar-refractivity contribution in [1.29, 1.82) is 0 Å². The van der Waals surface area contributed by atoms with E-state index in [0.29, 0.717) is 0 Å². The molecule has 0 saturated carbocycles. The van der Waals surface area contributed by atoms with Gasteiger partial charge in [-0.2, -0.15) is 0 Å². The van der Waals surface area contributed by atoms with Crippen molar-refractivity contribution in [3.63, 3.8) is 0 Å². The highest BCUT2D eigenvalue weighted by Crippen LogP contribution is 2.25. The Labute approximate surface area is 120 Å². The van der Waals surface area contributed by atoms with Gasteiger partial charge in [0.15, 0.2) is 0 Å². The van der Waals surface area contributed by atoms with E-state index in [-0.39, 0.29) is 0 Å². The fourth-order valence-corrected chi connectivity index (χ4v) is 2.23. The van der Waals surface area contributed by atoms with Crippen LogP contribution in [0.1, 0.15) is 0 Å². The Morgan fingerprint density at radius 3 is 2.11 bits per heavy atom. The van der Waals surface area contributed by atoms with Crippen molar-refractivity contribution in [2.24, 2.45) is 0 Å². The van der Waals surface area contributed by atoms with Gasteiger partial charge in [-0.05, 0) is 69.8 Å². The number of fused-ring (bicyclic) bond motifs is 1. The van der Waals surface area contributed by atoms with Gasteiger partial charge in [0.1, 0.15) is 11.5 Å². The summed E-state index contributed by atoms with van der Waals surface area (Å²) in [5.74, 6) is 1.74. The van der Waals surface area contributed by atoms with Crippen molar-refractivity contribution < 1.29 is 4.74 Å². The van der Waals surface area contributed by atoms with Gasteiger partial charge >= 0.3 is 0 Å². The molecular weight excluding hydrogens is 335 g/mol. The summed E-state index contributed by atoms with van der Waals surface area (Å²) in [6, 6.07) is 22.5. The average Bonchev–Trinajstić information content (AvgIpc) is 2.41. The highest BCUT2D eigenvalue weighted by atomic mass is 127. The second-order valence-electron chi connectivity index (χ2n) is 4.06. The van der Waals surface area contributed by atoms with Crippen molar-refractivity contribution in [2.75, 3.05) is 0 Å². The minimum Gasteiger partial charge on any atom is -0.457 e. The molecule has 0 amide bonds. The summed E-state index contributed by atoms with van der Waals surface area (Å²) in [5.41, 5.74) is 0. The second kappa shape index (κ2) is 4.98. The highest BCUT2D eigenvalue weighted by molar-refractivity contribution is 14.1. The fourth-order valence-electron chi connectivity index (χ4n) is 1.87. The van der Waals surface area contributed by atoms with E-state index in [4.69, 9.17) is 4.74 Å². The lowest BCUT2D eigenvalue weighted by atomic mass is 10.1. The number of hydrogen-bond acceptors (Lipinski definition) is 1. The maximum absolute atomic E-state index is 5.84. The van der Waals surface area contributed by atoms with E-state index in [9.17, 15) is 0 Å². The van der Waals surface area contributed by atoms with E-state index in [1.165, 1.54) is 14.3 Å². The maximum atomic E-state index is 5.84. The number of hydrogen-bond donors (Lipinski definition) is 0. The largest absolute Gasteiger partial charge is 0.457 e. The summed E-state index contributed by atoms with van der Waals surface area (Å²) in [5, 5.41) is 2.42. The first-order chi connectivity index (χ1) is 8.81. The zero-order valence-electron chi connectivity index (χ0n) is 9.64. The molecule has 0 N–H and O–H groups in total. The molecule has 0 bridgehead atoms. The summed E-state index contributed by atoms with van der Waals surface area (Å²) in [6.07, 6.45) is 0. The Kier molecular flexibility index (Phi) is 3.19. The van der Waals surface area contributed by atoms with Gasteiger partial charge < -0.3 is 4.74 Å². The van der Waals surface area contributed by atoms with Gasteiger partial charge in [-0.15, -0.1) is 0 Å². The summed E-state index contributed by atoms with van der Waals surface area (Å²) in [7, 11) is 0. The van der Waals surface area contributed by atoms with Gasteiger partial charge in [-0.25, -0.2) is 0 Å². The van der Waals surface area contributed by atoms with Crippen molar-refractivity contribution in [2.45, 2.75) is 0 Å². The van der Waals surface area contributed by atoms with Crippen LogP contribution in [0.2, 0.25) is 0 Å². The summed E-state index contributed by atoms with van der Waals surface area (Å²) >= 11 is 2.28. The van der Waals surface area contributed by atoms with Gasteiger partial charge in [0.2, 0.25) is 0 Å². The van der Waals surface area contributed by atoms with Gasteiger partial charge in [-0.1, -0.05) is 30.3 Å². The Bertz CT molecular complexity index is 674. The van der Waals surface area contributed by atoms with Crippen LogP contribution < -0.4 is 4.74 Å². The number of benzene rings is 3. The van der Waals surface area contributed by atoms with Crippen LogP contribution in [-0.2, 0) is 0 Å². The highest BCUT2D eigenvalue weighted by Gasteiger charge is 1.99. The summed E-state index contributed by atoms with van der Waals surface area (Å²) < 4.78 is 7.05. The molecule has 0 aliphatic rings. The van der Waals surface area contributed by atoms with Crippen LogP contribution in [0.5, 0.6) is 11.5 Å². The lowest BCUT2D eigenvalue weighted by Crippen LogP contribution is -1.84. The Hall–Kier alpha value is -1.55. The number of rotatable bonds is 2. The number of ether oxygens (including phenoxy) is 1. The fraction of sp³-hybridized carbons (Fsp3) is 0. The molecule has 3 aromatic carbocycles. The van der Waals surface area contributed by atoms with E-state index in [2.05, 4.69) is 46.9 Å². The molecule has 0 unspecified atom stereocenters. The lowest BCUT2D eigenvalue weighted by molar-refractivity contribution is 0.483. The monoisotopic (exact) mass is 346 g/mol. The average molecular weight is 346 g/mol. The Balaban J connectivity index is 1.92. The summed E-state index contributed by atoms with van der Waals surface area (Å²) in [4.78, 5) is 0. The van der Waals surface area contributed by atoms with E-state index >= 15 is 0 Å². The first-order valence-corrected chi connectivity index (χ1v) is 6.81. The third-order valence-electron chi connectivity index (χ3n) is 2.77. The molecule has 2 heteroatoms. The van der Waals surface area contributed by atoms with Crippen molar-refractivity contribution in [3.8, 4) is 11.5 Å². The van der Waals surface area contributed by atoms with Crippen LogP contribution >= 0.6 is 22.6 Å². The van der Waals surface area contributed by atoms with Crippen LogP contribution in [0.3, 0.4) is 0 Å². The maximum Gasteiger partial charge on any atom is 0.128 e. The second-order valence-corrected chi connectivity index (χ2v) is 5.31. The summed E-state index contributed by atoms with van der Waals surface area (Å²) in [6.45, 7) is 0. The quantitative estimate of drug-likeness (QED) is 0.577. The first-order valence-electron chi connectivity index (χ1n) is 5.73. The van der Waals surface area contributed by atoms with E-state index in [1.54, 1.807) is 0 Å². The third-order valence-corrected chi connectivity index (χ3v) is 3.49. The Morgan fingerprint density at radius 1 is 0.667 bits per heavy atom. The first kappa shape index (κ1) is 11.5. The molecule has 0 aromatic heterocycles.